The van der Waals surface area contributed by atoms with E-state index in [1.54, 1.807) is 12.1 Å². The molecule has 1 heterocycles. The summed E-state index contributed by atoms with van der Waals surface area (Å²) in [6, 6.07) is 14.7. The zero-order valence-corrected chi connectivity index (χ0v) is 14.6. The molecule has 0 saturated carbocycles. The minimum atomic E-state index is -0.746. The SMILES string of the molecule is CC1(NC[C@H](O)c2ccc(O)c3[nH]c(=O)ccc23)Cc2ccccc2C1. The summed E-state index contributed by atoms with van der Waals surface area (Å²) in [6.07, 6.45) is 1.11. The Morgan fingerprint density at radius 2 is 1.81 bits per heavy atom. The van der Waals surface area contributed by atoms with Crippen LogP contribution in [-0.4, -0.2) is 27.3 Å². The van der Waals surface area contributed by atoms with Gasteiger partial charge >= 0.3 is 0 Å². The molecule has 0 aliphatic heterocycles. The third kappa shape index (κ3) is 3.00. The molecule has 26 heavy (non-hydrogen) atoms. The standard InChI is InChI=1S/C21H22N2O3/c1-21(10-13-4-2-3-5-14(13)11-21)22-12-18(25)15-6-8-17(24)20-16(15)7-9-19(26)23-20/h2-9,18,22,24-25H,10-12H2,1H3,(H,23,26)/t18-/m0/s1. The molecule has 0 fully saturated rings. The van der Waals surface area contributed by atoms with E-state index in [2.05, 4.69) is 41.5 Å². The lowest BCUT2D eigenvalue weighted by Crippen LogP contribution is -2.45. The fourth-order valence-electron chi connectivity index (χ4n) is 3.93. The lowest BCUT2D eigenvalue weighted by atomic mass is 9.97. The summed E-state index contributed by atoms with van der Waals surface area (Å²) in [5.41, 5.74) is 3.36. The molecular weight excluding hydrogens is 328 g/mol. The van der Waals surface area contributed by atoms with E-state index in [4.69, 9.17) is 0 Å². The van der Waals surface area contributed by atoms with Crippen molar-refractivity contribution in [1.82, 2.24) is 10.3 Å². The number of rotatable bonds is 4. The van der Waals surface area contributed by atoms with Gasteiger partial charge in [0, 0.05) is 23.5 Å². The molecule has 1 aliphatic rings. The van der Waals surface area contributed by atoms with Gasteiger partial charge in [-0.3, -0.25) is 4.79 Å². The predicted octanol–water partition coefficient (Wildman–Crippen LogP) is 2.41. The largest absolute Gasteiger partial charge is 0.506 e. The van der Waals surface area contributed by atoms with Gasteiger partial charge < -0.3 is 20.5 Å². The Labute approximate surface area is 151 Å². The molecule has 4 rings (SSSR count). The van der Waals surface area contributed by atoms with Crippen molar-refractivity contribution in [3.05, 3.63) is 75.6 Å². The van der Waals surface area contributed by atoms with Crippen LogP contribution in [-0.2, 0) is 12.8 Å². The van der Waals surface area contributed by atoms with Gasteiger partial charge in [0.25, 0.3) is 0 Å². The number of aliphatic hydroxyl groups is 1. The number of phenolic OH excluding ortho intramolecular Hbond substituents is 1. The van der Waals surface area contributed by atoms with Crippen molar-refractivity contribution in [1.29, 1.82) is 0 Å². The molecule has 134 valence electrons. The molecule has 0 amide bonds. The normalized spacial score (nSPS) is 16.5. The molecule has 1 atom stereocenters. The third-order valence-corrected chi connectivity index (χ3v) is 5.27. The van der Waals surface area contributed by atoms with Crippen LogP contribution in [0.3, 0.4) is 0 Å². The van der Waals surface area contributed by atoms with E-state index in [-0.39, 0.29) is 16.8 Å². The number of aromatic nitrogens is 1. The molecule has 0 unspecified atom stereocenters. The van der Waals surface area contributed by atoms with Crippen molar-refractivity contribution in [2.24, 2.45) is 0 Å². The molecule has 1 aliphatic carbocycles. The number of hydrogen-bond acceptors (Lipinski definition) is 4. The number of aromatic hydroxyl groups is 1. The number of β-amino-alcohol motifs (C(OH)–C–C–N with tert-alkyl or cyclic N) is 1. The summed E-state index contributed by atoms with van der Waals surface area (Å²) in [7, 11) is 0. The van der Waals surface area contributed by atoms with Gasteiger partial charge in [0.1, 0.15) is 5.75 Å². The Kier molecular flexibility index (Phi) is 4.05. The molecule has 1 aromatic heterocycles. The van der Waals surface area contributed by atoms with E-state index >= 15 is 0 Å². The highest BCUT2D eigenvalue weighted by Crippen LogP contribution is 2.31. The molecular formula is C21H22N2O3. The summed E-state index contributed by atoms with van der Waals surface area (Å²) >= 11 is 0. The van der Waals surface area contributed by atoms with Crippen molar-refractivity contribution in [2.45, 2.75) is 31.4 Å². The minimum Gasteiger partial charge on any atom is -0.506 e. The first-order chi connectivity index (χ1) is 12.5. The van der Waals surface area contributed by atoms with Gasteiger partial charge in [-0.25, -0.2) is 0 Å². The molecule has 0 saturated heterocycles. The van der Waals surface area contributed by atoms with Crippen LogP contribution in [0.5, 0.6) is 5.75 Å². The van der Waals surface area contributed by atoms with Gasteiger partial charge in [-0.1, -0.05) is 30.3 Å². The van der Waals surface area contributed by atoms with Crippen molar-refractivity contribution in [3.63, 3.8) is 0 Å². The quantitative estimate of drug-likeness (QED) is 0.582. The minimum absolute atomic E-state index is 0.000173. The Balaban J connectivity index is 1.55. The van der Waals surface area contributed by atoms with E-state index in [1.807, 2.05) is 0 Å². The van der Waals surface area contributed by atoms with Crippen LogP contribution in [0.25, 0.3) is 10.9 Å². The van der Waals surface area contributed by atoms with E-state index in [0.29, 0.717) is 23.0 Å². The fourth-order valence-corrected chi connectivity index (χ4v) is 3.93. The summed E-state index contributed by atoms with van der Waals surface area (Å²) < 4.78 is 0. The maximum atomic E-state index is 11.5. The number of fused-ring (bicyclic) bond motifs is 2. The monoisotopic (exact) mass is 350 g/mol. The number of nitrogens with one attached hydrogen (secondary N) is 2. The topological polar surface area (TPSA) is 85.3 Å². The lowest BCUT2D eigenvalue weighted by Gasteiger charge is -2.27. The number of H-pyrrole nitrogens is 1. The molecule has 2 aromatic carbocycles. The highest BCUT2D eigenvalue weighted by atomic mass is 16.3. The maximum Gasteiger partial charge on any atom is 0.248 e. The van der Waals surface area contributed by atoms with E-state index in [9.17, 15) is 15.0 Å². The predicted molar refractivity (Wildman–Crippen MR) is 101 cm³/mol. The summed E-state index contributed by atoms with van der Waals surface area (Å²) in [5, 5.41) is 24.9. The second-order valence-corrected chi connectivity index (χ2v) is 7.36. The fraction of sp³-hybridized carbons (Fsp3) is 0.286. The number of phenols is 1. The Morgan fingerprint density at radius 1 is 1.12 bits per heavy atom. The average Bonchev–Trinajstić information content (AvgIpc) is 2.97. The molecule has 5 nitrogen and oxygen atoms in total. The second kappa shape index (κ2) is 6.27. The first-order valence-electron chi connectivity index (χ1n) is 8.80. The molecule has 0 spiro atoms. The van der Waals surface area contributed by atoms with Crippen molar-refractivity contribution < 1.29 is 10.2 Å². The summed E-state index contributed by atoms with van der Waals surface area (Å²) in [5.74, 6) is -0.000173. The first-order valence-corrected chi connectivity index (χ1v) is 8.80. The second-order valence-electron chi connectivity index (χ2n) is 7.36. The van der Waals surface area contributed by atoms with Gasteiger partial charge in [0.2, 0.25) is 5.56 Å². The smallest absolute Gasteiger partial charge is 0.248 e. The van der Waals surface area contributed by atoms with Gasteiger partial charge in [-0.05, 0) is 48.6 Å². The van der Waals surface area contributed by atoms with Crippen LogP contribution < -0.4 is 10.9 Å². The zero-order valence-electron chi connectivity index (χ0n) is 14.6. The maximum absolute atomic E-state index is 11.5. The number of pyridine rings is 1. The van der Waals surface area contributed by atoms with Gasteiger partial charge in [0.05, 0.1) is 11.6 Å². The van der Waals surface area contributed by atoms with Crippen LogP contribution in [0.4, 0.5) is 0 Å². The third-order valence-electron chi connectivity index (χ3n) is 5.27. The van der Waals surface area contributed by atoms with Crippen LogP contribution >= 0.6 is 0 Å². The van der Waals surface area contributed by atoms with Crippen LogP contribution in [0.2, 0.25) is 0 Å². The van der Waals surface area contributed by atoms with Gasteiger partial charge in [-0.15, -0.1) is 0 Å². The van der Waals surface area contributed by atoms with Crippen LogP contribution in [0, 0.1) is 0 Å². The van der Waals surface area contributed by atoms with Crippen molar-refractivity contribution in [2.75, 3.05) is 6.54 Å². The molecule has 5 heteroatoms. The van der Waals surface area contributed by atoms with Crippen LogP contribution in [0.15, 0.2) is 53.3 Å². The highest BCUT2D eigenvalue weighted by molar-refractivity contribution is 5.87. The number of aliphatic hydroxyl groups excluding tert-OH is 1. The summed E-state index contributed by atoms with van der Waals surface area (Å²) in [6.45, 7) is 2.57. The van der Waals surface area contributed by atoms with Gasteiger partial charge in [-0.2, -0.15) is 0 Å². The Bertz CT molecular complexity index is 1000. The first kappa shape index (κ1) is 16.8. The highest BCUT2D eigenvalue weighted by Gasteiger charge is 2.32. The molecule has 3 aromatic rings. The summed E-state index contributed by atoms with van der Waals surface area (Å²) in [4.78, 5) is 14.2. The van der Waals surface area contributed by atoms with E-state index < -0.39 is 6.10 Å². The molecule has 4 N–H and O–H groups in total. The molecule has 0 bridgehead atoms. The number of benzene rings is 2. The zero-order chi connectivity index (χ0) is 18.3. The Hall–Kier alpha value is -2.63. The Morgan fingerprint density at radius 3 is 2.50 bits per heavy atom. The van der Waals surface area contributed by atoms with Crippen LogP contribution in [0.1, 0.15) is 29.7 Å². The van der Waals surface area contributed by atoms with Crippen molar-refractivity contribution >= 4 is 10.9 Å². The molecule has 0 radical (unpaired) electrons. The lowest BCUT2D eigenvalue weighted by molar-refractivity contribution is 0.161. The number of aromatic amines is 1. The van der Waals surface area contributed by atoms with E-state index in [0.717, 1.165) is 12.8 Å². The average molecular weight is 350 g/mol. The van der Waals surface area contributed by atoms with E-state index in [1.165, 1.54) is 23.3 Å². The van der Waals surface area contributed by atoms with Gasteiger partial charge in [0.15, 0.2) is 0 Å². The van der Waals surface area contributed by atoms with Crippen molar-refractivity contribution in [3.8, 4) is 5.75 Å². The number of hydrogen-bond donors (Lipinski definition) is 4.